The van der Waals surface area contributed by atoms with Crippen molar-refractivity contribution in [1.29, 1.82) is 0 Å². The van der Waals surface area contributed by atoms with Crippen LogP contribution < -0.4 is 10.6 Å². The highest BCUT2D eigenvalue weighted by atomic mass is 35.6. The van der Waals surface area contributed by atoms with Crippen molar-refractivity contribution in [3.63, 3.8) is 0 Å². The summed E-state index contributed by atoms with van der Waals surface area (Å²) in [5.41, 5.74) is 0.541. The molecule has 3 nitrogen and oxygen atoms in total. The predicted molar refractivity (Wildman–Crippen MR) is 106 cm³/mol. The molecule has 0 aliphatic heterocycles. The van der Waals surface area contributed by atoms with Gasteiger partial charge in [-0.05, 0) is 29.0 Å². The van der Waals surface area contributed by atoms with E-state index >= 15 is 0 Å². The van der Waals surface area contributed by atoms with Crippen molar-refractivity contribution in [3.05, 3.63) is 78.1 Å². The highest BCUT2D eigenvalue weighted by Crippen LogP contribution is 2.32. The van der Waals surface area contributed by atoms with Crippen LogP contribution in [0.1, 0.15) is 10.4 Å². The summed E-state index contributed by atoms with van der Waals surface area (Å²) in [6, 6.07) is 18.7. The lowest BCUT2D eigenvalue weighted by Gasteiger charge is -2.27. The number of rotatable bonds is 4. The molecule has 3 rings (SSSR count). The van der Waals surface area contributed by atoms with Gasteiger partial charge in [0.15, 0.2) is 0 Å². The number of halogens is 4. The second-order valence-electron chi connectivity index (χ2n) is 5.60. The first-order valence-corrected chi connectivity index (χ1v) is 8.86. The topological polar surface area (TPSA) is 41.1 Å². The molecule has 2 N–H and O–H groups in total. The van der Waals surface area contributed by atoms with Gasteiger partial charge in [0.25, 0.3) is 5.91 Å². The monoisotopic (exact) mass is 410 g/mol. The van der Waals surface area contributed by atoms with Gasteiger partial charge in [0, 0.05) is 5.56 Å². The van der Waals surface area contributed by atoms with Crippen molar-refractivity contribution < 1.29 is 9.18 Å². The number of alkyl halides is 3. The van der Waals surface area contributed by atoms with Crippen LogP contribution in [0, 0.1) is 5.82 Å². The molecule has 3 aromatic rings. The molecule has 26 heavy (non-hydrogen) atoms. The fourth-order valence-corrected chi connectivity index (χ4v) is 2.89. The first-order chi connectivity index (χ1) is 12.4. The molecule has 3 aromatic carbocycles. The maximum Gasteiger partial charge on any atom is 0.253 e. The van der Waals surface area contributed by atoms with Crippen LogP contribution in [0.25, 0.3) is 10.8 Å². The van der Waals surface area contributed by atoms with Crippen molar-refractivity contribution >= 4 is 57.2 Å². The zero-order valence-electron chi connectivity index (χ0n) is 13.3. The number of para-hydroxylation sites is 1. The molecule has 0 heterocycles. The van der Waals surface area contributed by atoms with Gasteiger partial charge in [-0.25, -0.2) is 4.39 Å². The maximum atomic E-state index is 13.9. The number of amides is 1. The third kappa shape index (κ3) is 4.21. The van der Waals surface area contributed by atoms with Crippen LogP contribution in [0.4, 0.5) is 10.1 Å². The first-order valence-electron chi connectivity index (χ1n) is 7.72. The Morgan fingerprint density at radius 1 is 0.923 bits per heavy atom. The molecule has 0 fully saturated rings. The van der Waals surface area contributed by atoms with Crippen molar-refractivity contribution in [2.24, 2.45) is 0 Å². The molecule has 0 bridgehead atoms. The Morgan fingerprint density at radius 3 is 2.31 bits per heavy atom. The number of fused-ring (bicyclic) bond motifs is 1. The number of benzene rings is 3. The quantitative estimate of drug-likeness (QED) is 0.438. The maximum absolute atomic E-state index is 13.9. The van der Waals surface area contributed by atoms with Crippen LogP contribution in [0.2, 0.25) is 0 Å². The third-order valence-corrected chi connectivity index (χ3v) is 4.47. The third-order valence-electron chi connectivity index (χ3n) is 3.81. The lowest BCUT2D eigenvalue weighted by molar-refractivity contribution is 0.0943. The Morgan fingerprint density at radius 2 is 1.58 bits per heavy atom. The lowest BCUT2D eigenvalue weighted by atomic mass is 10.0. The number of anilines is 1. The van der Waals surface area contributed by atoms with E-state index < -0.39 is 21.7 Å². The van der Waals surface area contributed by atoms with Gasteiger partial charge in [-0.1, -0.05) is 83.3 Å². The summed E-state index contributed by atoms with van der Waals surface area (Å²) in [6.07, 6.45) is -1.14. The molecule has 7 heteroatoms. The highest BCUT2D eigenvalue weighted by Gasteiger charge is 2.35. The van der Waals surface area contributed by atoms with Crippen LogP contribution in [0.5, 0.6) is 0 Å². The molecule has 0 saturated heterocycles. The predicted octanol–water partition coefficient (Wildman–Crippen LogP) is 5.52. The first kappa shape index (κ1) is 18.8. The number of carbonyl (C=O) groups excluding carboxylic acids is 1. The van der Waals surface area contributed by atoms with E-state index in [4.69, 9.17) is 34.8 Å². The molecule has 0 aliphatic carbocycles. The Balaban J connectivity index is 1.89. The van der Waals surface area contributed by atoms with Crippen LogP contribution in [0.15, 0.2) is 66.7 Å². The minimum Gasteiger partial charge on any atom is -0.359 e. The molecular weight excluding hydrogens is 398 g/mol. The van der Waals surface area contributed by atoms with E-state index in [0.29, 0.717) is 5.56 Å². The Kier molecular flexibility index (Phi) is 5.56. The Bertz CT molecular complexity index is 938. The Labute approximate surface area is 165 Å². The van der Waals surface area contributed by atoms with Crippen molar-refractivity contribution in [3.8, 4) is 0 Å². The zero-order chi connectivity index (χ0) is 18.7. The van der Waals surface area contributed by atoms with Gasteiger partial charge in [-0.3, -0.25) is 4.79 Å². The summed E-state index contributed by atoms with van der Waals surface area (Å²) >= 11 is 17.9. The highest BCUT2D eigenvalue weighted by molar-refractivity contribution is 6.68. The molecule has 0 spiro atoms. The van der Waals surface area contributed by atoms with Gasteiger partial charge >= 0.3 is 0 Å². The van der Waals surface area contributed by atoms with Crippen molar-refractivity contribution in [2.75, 3.05) is 5.32 Å². The minimum atomic E-state index is -1.90. The second-order valence-corrected chi connectivity index (χ2v) is 7.97. The zero-order valence-corrected chi connectivity index (χ0v) is 15.6. The number of hydrogen-bond acceptors (Lipinski definition) is 2. The van der Waals surface area contributed by atoms with E-state index in [1.807, 2.05) is 30.3 Å². The second kappa shape index (κ2) is 7.70. The van der Waals surface area contributed by atoms with E-state index in [9.17, 15) is 9.18 Å². The summed E-state index contributed by atoms with van der Waals surface area (Å²) in [5.74, 6) is -0.965. The largest absolute Gasteiger partial charge is 0.359 e. The molecular formula is C19H14Cl3FN2O. The number of hydrogen-bond donors (Lipinski definition) is 2. The summed E-state index contributed by atoms with van der Waals surface area (Å²) in [4.78, 5) is 12.8. The summed E-state index contributed by atoms with van der Waals surface area (Å²) in [6.45, 7) is 0. The molecule has 1 unspecified atom stereocenters. The van der Waals surface area contributed by atoms with Crippen LogP contribution in [0.3, 0.4) is 0 Å². The number of nitrogens with one attached hydrogen (secondary N) is 2. The normalized spacial score (nSPS) is 12.6. The summed E-state index contributed by atoms with van der Waals surface area (Å²) < 4.78 is 12.0. The average Bonchev–Trinajstić information content (AvgIpc) is 2.61. The smallest absolute Gasteiger partial charge is 0.253 e. The molecule has 0 aromatic heterocycles. The van der Waals surface area contributed by atoms with Gasteiger partial charge < -0.3 is 10.6 Å². The fraction of sp³-hybridized carbons (Fsp3) is 0.105. The summed E-state index contributed by atoms with van der Waals surface area (Å²) in [5, 5.41) is 7.04. The molecule has 1 amide bonds. The van der Waals surface area contributed by atoms with Crippen molar-refractivity contribution in [1.82, 2.24) is 5.32 Å². The fourth-order valence-electron chi connectivity index (χ4n) is 2.57. The molecule has 0 saturated carbocycles. The van der Waals surface area contributed by atoms with Gasteiger partial charge in [-0.2, -0.15) is 0 Å². The summed E-state index contributed by atoms with van der Waals surface area (Å²) in [7, 11) is 0. The van der Waals surface area contributed by atoms with Crippen LogP contribution in [-0.2, 0) is 0 Å². The van der Waals surface area contributed by atoms with E-state index in [-0.39, 0.29) is 5.69 Å². The SMILES string of the molecule is O=C(NC(Nc1ccccc1F)C(Cl)(Cl)Cl)c1cccc2ccccc12. The van der Waals surface area contributed by atoms with Crippen LogP contribution in [-0.4, -0.2) is 15.9 Å². The van der Waals surface area contributed by atoms with Crippen LogP contribution >= 0.6 is 34.8 Å². The van der Waals surface area contributed by atoms with Crippen molar-refractivity contribution in [2.45, 2.75) is 9.96 Å². The standard InChI is InChI=1S/C19H14Cl3FN2O/c20-19(21,22)18(24-16-11-4-3-10-15(16)23)25-17(26)14-9-5-7-12-6-1-2-8-13(12)14/h1-11,18,24H,(H,25,26). The van der Waals surface area contributed by atoms with E-state index in [2.05, 4.69) is 10.6 Å². The molecule has 0 aliphatic rings. The molecule has 134 valence electrons. The molecule has 0 radical (unpaired) electrons. The number of carbonyl (C=O) groups is 1. The average molecular weight is 412 g/mol. The minimum absolute atomic E-state index is 0.113. The van der Waals surface area contributed by atoms with E-state index in [0.717, 1.165) is 10.8 Å². The van der Waals surface area contributed by atoms with Gasteiger partial charge in [0.1, 0.15) is 12.0 Å². The Hall–Kier alpha value is -2.01. The lowest BCUT2D eigenvalue weighted by Crippen LogP contribution is -2.49. The van der Waals surface area contributed by atoms with E-state index in [1.54, 1.807) is 24.3 Å². The molecule has 1 atom stereocenters. The van der Waals surface area contributed by atoms with E-state index in [1.165, 1.54) is 12.1 Å². The van der Waals surface area contributed by atoms with Gasteiger partial charge in [0.2, 0.25) is 3.79 Å². The van der Waals surface area contributed by atoms with Gasteiger partial charge in [0.05, 0.1) is 5.69 Å². The van der Waals surface area contributed by atoms with Gasteiger partial charge in [-0.15, -0.1) is 0 Å².